The van der Waals surface area contributed by atoms with E-state index in [9.17, 15) is 0 Å². The highest BCUT2D eigenvalue weighted by atomic mass is 15.0. The second-order valence-electron chi connectivity index (χ2n) is 3.03. The molecule has 3 heteroatoms. The van der Waals surface area contributed by atoms with Crippen LogP contribution in [0, 0.1) is 13.8 Å². The predicted molar refractivity (Wildman–Crippen MR) is 54.6 cm³/mol. The van der Waals surface area contributed by atoms with Crippen molar-refractivity contribution in [1.82, 2.24) is 9.97 Å². The Balaban J connectivity index is 2.87. The Kier molecular flexibility index (Phi) is 3.01. The molecule has 1 N–H and O–H groups in total. The minimum Gasteiger partial charge on any atom is -0.344 e. The van der Waals surface area contributed by atoms with Gasteiger partial charge in [-0.15, -0.1) is 0 Å². The third-order valence-corrected chi connectivity index (χ3v) is 1.81. The molecule has 70 valence electrons. The van der Waals surface area contributed by atoms with Crippen molar-refractivity contribution in [3.8, 4) is 0 Å². The summed E-state index contributed by atoms with van der Waals surface area (Å²) in [6.45, 7) is 9.77. The van der Waals surface area contributed by atoms with Crippen molar-refractivity contribution in [3.05, 3.63) is 29.9 Å². The summed E-state index contributed by atoms with van der Waals surface area (Å²) in [5.41, 5.74) is 2.02. The fourth-order valence-corrected chi connectivity index (χ4v) is 0.913. The van der Waals surface area contributed by atoms with E-state index in [-0.39, 0.29) is 0 Å². The summed E-state index contributed by atoms with van der Waals surface area (Å²) in [4.78, 5) is 8.37. The highest BCUT2D eigenvalue weighted by Gasteiger charge is 2.00. The molecule has 0 aromatic carbocycles. The molecule has 0 bridgehead atoms. The van der Waals surface area contributed by atoms with Gasteiger partial charge in [-0.25, -0.2) is 9.97 Å². The summed E-state index contributed by atoms with van der Waals surface area (Å²) in [6, 6.07) is 0. The minimum atomic E-state index is 0.775. The first-order valence-corrected chi connectivity index (χ1v) is 4.38. The van der Waals surface area contributed by atoms with Gasteiger partial charge in [0.25, 0.3) is 0 Å². The fourth-order valence-electron chi connectivity index (χ4n) is 0.913. The second kappa shape index (κ2) is 4.03. The molecule has 0 aliphatic heterocycles. The number of aryl methyl sites for hydroxylation is 2. The summed E-state index contributed by atoms with van der Waals surface area (Å²) in [5, 5.41) is 3.16. The topological polar surface area (TPSA) is 37.8 Å². The van der Waals surface area contributed by atoms with Gasteiger partial charge in [-0.1, -0.05) is 13.5 Å². The van der Waals surface area contributed by atoms with Gasteiger partial charge in [0.1, 0.15) is 11.6 Å². The molecule has 0 radical (unpaired) electrons. The number of aromatic nitrogens is 2. The number of anilines is 1. The van der Waals surface area contributed by atoms with Crippen LogP contribution in [0.15, 0.2) is 18.5 Å². The number of allylic oxidation sites excluding steroid dienone is 1. The van der Waals surface area contributed by atoms with Crippen LogP contribution < -0.4 is 5.32 Å². The van der Waals surface area contributed by atoms with Crippen LogP contribution in [0.4, 0.5) is 5.82 Å². The van der Waals surface area contributed by atoms with E-state index >= 15 is 0 Å². The van der Waals surface area contributed by atoms with Gasteiger partial charge in [0, 0.05) is 17.5 Å². The van der Waals surface area contributed by atoms with Crippen molar-refractivity contribution in [2.75, 3.05) is 5.32 Å². The molecule has 0 atom stereocenters. The Hall–Kier alpha value is -1.38. The summed E-state index contributed by atoms with van der Waals surface area (Å²) < 4.78 is 0. The maximum absolute atomic E-state index is 4.28. The summed E-state index contributed by atoms with van der Waals surface area (Å²) in [6.07, 6.45) is 2.72. The van der Waals surface area contributed by atoms with E-state index in [2.05, 4.69) is 28.8 Å². The standard InChI is InChI=1S/C10H15N3/c1-5-8(3)12-10-7(2)6-11-9(4)13-10/h6H,3,5H2,1-2,4H3,(H,11,12,13). The largest absolute Gasteiger partial charge is 0.344 e. The molecule has 0 aliphatic rings. The fraction of sp³-hybridized carbons (Fsp3) is 0.400. The lowest BCUT2D eigenvalue weighted by Gasteiger charge is -2.09. The van der Waals surface area contributed by atoms with Crippen LogP contribution in [-0.2, 0) is 0 Å². The molecule has 0 saturated heterocycles. The Morgan fingerprint density at radius 3 is 2.85 bits per heavy atom. The van der Waals surface area contributed by atoms with Crippen molar-refractivity contribution in [2.45, 2.75) is 27.2 Å². The van der Waals surface area contributed by atoms with Crippen molar-refractivity contribution in [1.29, 1.82) is 0 Å². The van der Waals surface area contributed by atoms with Crippen molar-refractivity contribution in [2.24, 2.45) is 0 Å². The lowest BCUT2D eigenvalue weighted by atomic mass is 10.3. The van der Waals surface area contributed by atoms with Crippen LogP contribution in [0.1, 0.15) is 24.7 Å². The summed E-state index contributed by atoms with van der Waals surface area (Å²) in [7, 11) is 0. The molecule has 0 spiro atoms. The highest BCUT2D eigenvalue weighted by molar-refractivity contribution is 5.46. The zero-order valence-electron chi connectivity index (χ0n) is 8.39. The molecule has 1 rings (SSSR count). The van der Waals surface area contributed by atoms with Crippen molar-refractivity contribution < 1.29 is 0 Å². The van der Waals surface area contributed by atoms with Gasteiger partial charge in [-0.05, 0) is 20.3 Å². The third-order valence-electron chi connectivity index (χ3n) is 1.81. The first kappa shape index (κ1) is 9.71. The van der Waals surface area contributed by atoms with Gasteiger partial charge >= 0.3 is 0 Å². The molecule has 1 aromatic heterocycles. The molecule has 1 heterocycles. The molecular weight excluding hydrogens is 162 g/mol. The Morgan fingerprint density at radius 2 is 2.23 bits per heavy atom. The minimum absolute atomic E-state index is 0.775. The molecular formula is C10H15N3. The molecule has 0 fully saturated rings. The number of rotatable bonds is 3. The average Bonchev–Trinajstić information content (AvgIpc) is 2.11. The predicted octanol–water partition coefficient (Wildman–Crippen LogP) is 2.43. The second-order valence-corrected chi connectivity index (χ2v) is 3.03. The monoisotopic (exact) mass is 177 g/mol. The van der Waals surface area contributed by atoms with Crippen LogP contribution in [0.5, 0.6) is 0 Å². The number of nitrogens with zero attached hydrogens (tertiary/aromatic N) is 2. The lowest BCUT2D eigenvalue weighted by molar-refractivity contribution is 1.01. The maximum Gasteiger partial charge on any atom is 0.136 e. The molecule has 3 nitrogen and oxygen atoms in total. The first-order valence-electron chi connectivity index (χ1n) is 4.38. The van der Waals surface area contributed by atoms with E-state index < -0.39 is 0 Å². The van der Waals surface area contributed by atoms with Gasteiger partial charge < -0.3 is 5.32 Å². The van der Waals surface area contributed by atoms with Gasteiger partial charge in [-0.2, -0.15) is 0 Å². The number of hydrogen-bond acceptors (Lipinski definition) is 3. The zero-order chi connectivity index (χ0) is 9.84. The Bertz CT molecular complexity index is 318. The molecule has 0 amide bonds. The number of hydrogen-bond donors (Lipinski definition) is 1. The maximum atomic E-state index is 4.28. The van der Waals surface area contributed by atoms with Crippen LogP contribution >= 0.6 is 0 Å². The molecule has 0 saturated carbocycles. The van der Waals surface area contributed by atoms with Gasteiger partial charge in [0.05, 0.1) is 0 Å². The zero-order valence-corrected chi connectivity index (χ0v) is 8.39. The highest BCUT2D eigenvalue weighted by Crippen LogP contribution is 2.12. The SMILES string of the molecule is C=C(CC)Nc1nc(C)ncc1C. The normalized spacial score (nSPS) is 9.77. The lowest BCUT2D eigenvalue weighted by Crippen LogP contribution is -2.03. The van der Waals surface area contributed by atoms with E-state index in [1.165, 1.54) is 0 Å². The molecule has 0 aliphatic carbocycles. The summed E-state index contributed by atoms with van der Waals surface area (Å²) in [5.74, 6) is 1.64. The van der Waals surface area contributed by atoms with E-state index in [0.29, 0.717) is 0 Å². The average molecular weight is 177 g/mol. The van der Waals surface area contributed by atoms with E-state index in [1.54, 1.807) is 0 Å². The Labute approximate surface area is 78.9 Å². The number of nitrogens with one attached hydrogen (secondary N) is 1. The molecule has 13 heavy (non-hydrogen) atoms. The van der Waals surface area contributed by atoms with Crippen LogP contribution in [0.25, 0.3) is 0 Å². The quantitative estimate of drug-likeness (QED) is 0.770. The molecule has 0 unspecified atom stereocenters. The van der Waals surface area contributed by atoms with E-state index in [0.717, 1.165) is 29.3 Å². The van der Waals surface area contributed by atoms with Crippen LogP contribution in [0.2, 0.25) is 0 Å². The van der Waals surface area contributed by atoms with Crippen LogP contribution in [0.3, 0.4) is 0 Å². The Morgan fingerprint density at radius 1 is 1.54 bits per heavy atom. The van der Waals surface area contributed by atoms with Crippen molar-refractivity contribution >= 4 is 5.82 Å². The third kappa shape index (κ3) is 2.54. The van der Waals surface area contributed by atoms with Gasteiger partial charge in [-0.3, -0.25) is 0 Å². The van der Waals surface area contributed by atoms with Crippen LogP contribution in [-0.4, -0.2) is 9.97 Å². The van der Waals surface area contributed by atoms with Gasteiger partial charge in [0.15, 0.2) is 0 Å². The first-order chi connectivity index (χ1) is 6.13. The van der Waals surface area contributed by atoms with Crippen molar-refractivity contribution in [3.63, 3.8) is 0 Å². The molecule has 1 aromatic rings. The van der Waals surface area contributed by atoms with Gasteiger partial charge in [0.2, 0.25) is 0 Å². The van der Waals surface area contributed by atoms with E-state index in [4.69, 9.17) is 0 Å². The summed E-state index contributed by atoms with van der Waals surface area (Å²) >= 11 is 0. The van der Waals surface area contributed by atoms with E-state index in [1.807, 2.05) is 20.0 Å². The smallest absolute Gasteiger partial charge is 0.136 e.